The Morgan fingerprint density at radius 2 is 2.55 bits per heavy atom. The summed E-state index contributed by atoms with van der Waals surface area (Å²) in [5, 5.41) is 3.09. The molecule has 11 heavy (non-hydrogen) atoms. The molecule has 0 aliphatic carbocycles. The SMILES string of the molecule is C1=NCC(c2ccncn2)N1. The zero-order valence-corrected chi connectivity index (χ0v) is 5.94. The van der Waals surface area contributed by atoms with Crippen LogP contribution in [0.25, 0.3) is 0 Å². The number of hydrogen-bond donors (Lipinski definition) is 1. The molecule has 2 heterocycles. The van der Waals surface area contributed by atoms with Crippen molar-refractivity contribution in [2.24, 2.45) is 4.99 Å². The smallest absolute Gasteiger partial charge is 0.115 e. The van der Waals surface area contributed by atoms with Crippen LogP contribution in [0.3, 0.4) is 0 Å². The van der Waals surface area contributed by atoms with Gasteiger partial charge in [0.05, 0.1) is 24.6 Å². The van der Waals surface area contributed by atoms with Gasteiger partial charge in [-0.3, -0.25) is 4.99 Å². The summed E-state index contributed by atoms with van der Waals surface area (Å²) in [7, 11) is 0. The molecule has 1 aliphatic heterocycles. The average Bonchev–Trinajstić information content (AvgIpc) is 2.58. The Kier molecular flexibility index (Phi) is 1.51. The van der Waals surface area contributed by atoms with Crippen LogP contribution < -0.4 is 5.32 Å². The first-order valence-corrected chi connectivity index (χ1v) is 3.47. The van der Waals surface area contributed by atoms with E-state index in [2.05, 4.69) is 20.3 Å². The van der Waals surface area contributed by atoms with Gasteiger partial charge in [0, 0.05) is 6.20 Å². The fourth-order valence-electron chi connectivity index (χ4n) is 1.04. The number of aliphatic imine (C=N–C) groups is 1. The van der Waals surface area contributed by atoms with Crippen molar-refractivity contribution < 1.29 is 0 Å². The number of hydrogen-bond acceptors (Lipinski definition) is 4. The number of nitrogens with zero attached hydrogens (tertiary/aromatic N) is 3. The van der Waals surface area contributed by atoms with Crippen LogP contribution in [-0.4, -0.2) is 22.9 Å². The van der Waals surface area contributed by atoms with Crippen molar-refractivity contribution in [1.82, 2.24) is 15.3 Å². The Morgan fingerprint density at radius 1 is 1.55 bits per heavy atom. The summed E-state index contributed by atoms with van der Waals surface area (Å²) >= 11 is 0. The Hall–Kier alpha value is -1.45. The van der Waals surface area contributed by atoms with Crippen molar-refractivity contribution in [3.63, 3.8) is 0 Å². The molecule has 0 saturated heterocycles. The van der Waals surface area contributed by atoms with Gasteiger partial charge in [-0.15, -0.1) is 0 Å². The summed E-state index contributed by atoms with van der Waals surface area (Å²) in [5.41, 5.74) is 0.998. The maximum absolute atomic E-state index is 4.11. The van der Waals surface area contributed by atoms with Gasteiger partial charge in [-0.05, 0) is 6.07 Å². The van der Waals surface area contributed by atoms with Crippen molar-refractivity contribution in [2.75, 3.05) is 6.54 Å². The molecule has 1 aliphatic rings. The van der Waals surface area contributed by atoms with Gasteiger partial charge in [-0.25, -0.2) is 9.97 Å². The minimum Gasteiger partial charge on any atom is -0.366 e. The molecule has 56 valence electrons. The Labute approximate surface area is 64.4 Å². The summed E-state index contributed by atoms with van der Waals surface area (Å²) in [6, 6.07) is 2.14. The first-order valence-electron chi connectivity index (χ1n) is 3.47. The highest BCUT2D eigenvalue weighted by Gasteiger charge is 2.12. The fraction of sp³-hybridized carbons (Fsp3) is 0.286. The number of aromatic nitrogens is 2. The van der Waals surface area contributed by atoms with E-state index in [4.69, 9.17) is 0 Å². The van der Waals surface area contributed by atoms with Crippen LogP contribution in [0, 0.1) is 0 Å². The van der Waals surface area contributed by atoms with Gasteiger partial charge in [-0.1, -0.05) is 0 Å². The van der Waals surface area contributed by atoms with Crippen molar-refractivity contribution >= 4 is 6.34 Å². The quantitative estimate of drug-likeness (QED) is 0.616. The van der Waals surface area contributed by atoms with E-state index >= 15 is 0 Å². The summed E-state index contributed by atoms with van der Waals surface area (Å²) in [4.78, 5) is 12.0. The first kappa shape index (κ1) is 6.27. The molecule has 0 saturated carbocycles. The van der Waals surface area contributed by atoms with Gasteiger partial charge < -0.3 is 5.32 Å². The molecular weight excluding hydrogens is 140 g/mol. The van der Waals surface area contributed by atoms with E-state index in [1.807, 2.05) is 6.07 Å². The Bertz CT molecular complexity index is 248. The predicted molar refractivity (Wildman–Crippen MR) is 41.3 cm³/mol. The highest BCUT2D eigenvalue weighted by molar-refractivity contribution is 5.57. The maximum Gasteiger partial charge on any atom is 0.115 e. The van der Waals surface area contributed by atoms with Crippen LogP contribution in [0.2, 0.25) is 0 Å². The highest BCUT2D eigenvalue weighted by Crippen LogP contribution is 2.10. The second-order valence-electron chi connectivity index (χ2n) is 2.35. The molecule has 0 fully saturated rings. The molecule has 1 atom stereocenters. The monoisotopic (exact) mass is 148 g/mol. The second kappa shape index (κ2) is 2.65. The molecule has 4 nitrogen and oxygen atoms in total. The van der Waals surface area contributed by atoms with E-state index in [0.717, 1.165) is 12.2 Å². The number of rotatable bonds is 1. The van der Waals surface area contributed by atoms with E-state index < -0.39 is 0 Å². The van der Waals surface area contributed by atoms with Gasteiger partial charge >= 0.3 is 0 Å². The second-order valence-corrected chi connectivity index (χ2v) is 2.35. The lowest BCUT2D eigenvalue weighted by Gasteiger charge is -2.06. The summed E-state index contributed by atoms with van der Waals surface area (Å²) < 4.78 is 0. The fourth-order valence-corrected chi connectivity index (χ4v) is 1.04. The van der Waals surface area contributed by atoms with Crippen LogP contribution in [0.5, 0.6) is 0 Å². The number of nitrogens with one attached hydrogen (secondary N) is 1. The van der Waals surface area contributed by atoms with E-state index in [-0.39, 0.29) is 6.04 Å². The predicted octanol–water partition coefficient (Wildman–Crippen LogP) is 0.149. The lowest BCUT2D eigenvalue weighted by molar-refractivity contribution is 0.684. The topological polar surface area (TPSA) is 50.2 Å². The van der Waals surface area contributed by atoms with Gasteiger partial charge in [-0.2, -0.15) is 0 Å². The van der Waals surface area contributed by atoms with E-state index in [0.29, 0.717) is 0 Å². The minimum atomic E-state index is 0.248. The molecule has 1 aromatic rings. The van der Waals surface area contributed by atoms with Crippen LogP contribution in [0.15, 0.2) is 23.6 Å². The molecule has 0 aromatic carbocycles. The van der Waals surface area contributed by atoms with Gasteiger partial charge in [0.25, 0.3) is 0 Å². The third kappa shape index (κ3) is 1.19. The molecule has 1 N–H and O–H groups in total. The molecule has 4 heteroatoms. The molecule has 1 aromatic heterocycles. The third-order valence-electron chi connectivity index (χ3n) is 1.62. The molecule has 0 bridgehead atoms. The van der Waals surface area contributed by atoms with Crippen LogP contribution in [0.1, 0.15) is 11.7 Å². The lowest BCUT2D eigenvalue weighted by Crippen LogP contribution is -2.16. The molecule has 2 rings (SSSR count). The normalized spacial score (nSPS) is 21.6. The summed E-state index contributed by atoms with van der Waals surface area (Å²) in [5.74, 6) is 0. The van der Waals surface area contributed by atoms with E-state index in [1.54, 1.807) is 18.9 Å². The maximum atomic E-state index is 4.11. The summed E-state index contributed by atoms with van der Waals surface area (Å²) in [6.07, 6.45) is 5.00. The van der Waals surface area contributed by atoms with Crippen molar-refractivity contribution in [2.45, 2.75) is 6.04 Å². The molecule has 0 amide bonds. The van der Waals surface area contributed by atoms with Crippen molar-refractivity contribution in [1.29, 1.82) is 0 Å². The van der Waals surface area contributed by atoms with Crippen molar-refractivity contribution in [3.8, 4) is 0 Å². The standard InChI is InChI=1S/C7H8N4/c1-2-8-4-10-6(1)7-3-9-5-11-7/h1-2,4-5,7H,3H2,(H,9,11). The van der Waals surface area contributed by atoms with Gasteiger partial charge in [0.2, 0.25) is 0 Å². The molecule has 0 spiro atoms. The van der Waals surface area contributed by atoms with Crippen LogP contribution in [-0.2, 0) is 0 Å². The summed E-state index contributed by atoms with van der Waals surface area (Å²) in [6.45, 7) is 0.775. The zero-order valence-electron chi connectivity index (χ0n) is 5.94. The molecule has 1 unspecified atom stereocenters. The lowest BCUT2D eigenvalue weighted by atomic mass is 10.2. The molecule has 0 radical (unpaired) electrons. The first-order chi connectivity index (χ1) is 5.47. The van der Waals surface area contributed by atoms with E-state index in [1.165, 1.54) is 0 Å². The van der Waals surface area contributed by atoms with Gasteiger partial charge in [0.15, 0.2) is 0 Å². The Morgan fingerprint density at radius 3 is 3.18 bits per heavy atom. The zero-order chi connectivity index (χ0) is 7.52. The Balaban J connectivity index is 2.17. The van der Waals surface area contributed by atoms with Crippen LogP contribution in [0.4, 0.5) is 0 Å². The largest absolute Gasteiger partial charge is 0.366 e. The minimum absolute atomic E-state index is 0.248. The van der Waals surface area contributed by atoms with Gasteiger partial charge in [0.1, 0.15) is 6.33 Å². The average molecular weight is 148 g/mol. The molecular formula is C7H8N4. The van der Waals surface area contributed by atoms with Crippen molar-refractivity contribution in [3.05, 3.63) is 24.3 Å². The van der Waals surface area contributed by atoms with Crippen LogP contribution >= 0.6 is 0 Å². The third-order valence-corrected chi connectivity index (χ3v) is 1.62. The van der Waals surface area contributed by atoms with E-state index in [9.17, 15) is 0 Å². The highest BCUT2D eigenvalue weighted by atomic mass is 15.1.